The number of anilines is 1. The van der Waals surface area contributed by atoms with Crippen LogP contribution in [0.25, 0.3) is 10.9 Å². The third-order valence-corrected chi connectivity index (χ3v) is 2.68. The van der Waals surface area contributed by atoms with E-state index in [9.17, 15) is 0 Å². The number of para-hydroxylation sites is 1. The van der Waals surface area contributed by atoms with Gasteiger partial charge in [-0.3, -0.25) is 10.4 Å². The highest BCUT2D eigenvalue weighted by Gasteiger charge is 1.95. The summed E-state index contributed by atoms with van der Waals surface area (Å²) in [6, 6.07) is 15.7. The summed E-state index contributed by atoms with van der Waals surface area (Å²) in [4.78, 5) is 8.48. The van der Waals surface area contributed by atoms with Gasteiger partial charge in [0.25, 0.3) is 0 Å². The van der Waals surface area contributed by atoms with Gasteiger partial charge in [0.05, 0.1) is 11.7 Å². The van der Waals surface area contributed by atoms with Crippen LogP contribution in [0.15, 0.2) is 66.0 Å². The van der Waals surface area contributed by atoms with E-state index in [-0.39, 0.29) is 0 Å². The topological polar surface area (TPSA) is 50.2 Å². The van der Waals surface area contributed by atoms with Crippen LogP contribution in [0.5, 0.6) is 0 Å². The van der Waals surface area contributed by atoms with Crippen LogP contribution < -0.4 is 5.43 Å². The maximum atomic E-state index is 4.47. The highest BCUT2D eigenvalue weighted by atomic mass is 15.3. The molecule has 0 aliphatic heterocycles. The highest BCUT2D eigenvalue weighted by Crippen LogP contribution is 2.14. The number of hydrazone groups is 1. The van der Waals surface area contributed by atoms with E-state index in [4.69, 9.17) is 0 Å². The molecule has 2 aromatic heterocycles. The lowest BCUT2D eigenvalue weighted by Gasteiger charge is -2.01. The van der Waals surface area contributed by atoms with E-state index in [1.807, 2.05) is 48.5 Å². The molecular formula is C15H12N4. The molecule has 4 nitrogen and oxygen atoms in total. The smallest absolute Gasteiger partial charge is 0.146 e. The quantitative estimate of drug-likeness (QED) is 0.572. The van der Waals surface area contributed by atoms with Crippen molar-refractivity contribution >= 4 is 22.9 Å². The van der Waals surface area contributed by atoms with E-state index >= 15 is 0 Å². The van der Waals surface area contributed by atoms with Crippen LogP contribution in [0.4, 0.5) is 5.82 Å². The van der Waals surface area contributed by atoms with Crippen molar-refractivity contribution < 1.29 is 0 Å². The average Bonchev–Trinajstić information content (AvgIpc) is 2.48. The van der Waals surface area contributed by atoms with Gasteiger partial charge in [0, 0.05) is 23.3 Å². The van der Waals surface area contributed by atoms with E-state index in [1.54, 1.807) is 18.6 Å². The number of aromatic nitrogens is 2. The molecule has 1 aromatic carbocycles. The average molecular weight is 248 g/mol. The number of hydrogen-bond acceptors (Lipinski definition) is 4. The number of nitrogens with one attached hydrogen (secondary N) is 1. The van der Waals surface area contributed by atoms with Crippen molar-refractivity contribution in [2.24, 2.45) is 5.10 Å². The summed E-state index contributed by atoms with van der Waals surface area (Å²) in [7, 11) is 0. The SMILES string of the molecule is C(=N\Nc1ccc2ccccc2n1)/c1cccnc1. The molecule has 0 radical (unpaired) electrons. The first kappa shape index (κ1) is 11.3. The van der Waals surface area contributed by atoms with Gasteiger partial charge in [-0.25, -0.2) is 4.98 Å². The van der Waals surface area contributed by atoms with Gasteiger partial charge in [-0.05, 0) is 24.3 Å². The minimum absolute atomic E-state index is 0.721. The van der Waals surface area contributed by atoms with Crippen molar-refractivity contribution in [3.63, 3.8) is 0 Å². The van der Waals surface area contributed by atoms with E-state index in [1.165, 1.54) is 0 Å². The third kappa shape index (κ3) is 2.74. The molecule has 0 unspecified atom stereocenters. The predicted octanol–water partition coefficient (Wildman–Crippen LogP) is 3.08. The number of fused-ring (bicyclic) bond motifs is 1. The molecule has 0 fully saturated rings. The maximum Gasteiger partial charge on any atom is 0.146 e. The standard InChI is InChI=1S/C15H12N4/c1-2-6-14-13(5-1)7-8-15(18-14)19-17-11-12-4-3-9-16-10-12/h1-11H,(H,18,19)/b17-11+. The summed E-state index contributed by atoms with van der Waals surface area (Å²) in [6.45, 7) is 0. The van der Waals surface area contributed by atoms with Crippen molar-refractivity contribution in [1.82, 2.24) is 9.97 Å². The molecule has 0 bridgehead atoms. The fourth-order valence-electron chi connectivity index (χ4n) is 1.75. The first-order valence-electron chi connectivity index (χ1n) is 5.97. The van der Waals surface area contributed by atoms with Crippen LogP contribution in [0.3, 0.4) is 0 Å². The van der Waals surface area contributed by atoms with Crippen LogP contribution in [-0.4, -0.2) is 16.2 Å². The van der Waals surface area contributed by atoms with Gasteiger partial charge in [-0.15, -0.1) is 0 Å². The molecule has 0 amide bonds. The number of rotatable bonds is 3. The molecule has 0 spiro atoms. The Kier molecular flexibility index (Phi) is 3.14. The Morgan fingerprint density at radius 1 is 1.00 bits per heavy atom. The largest absolute Gasteiger partial charge is 0.264 e. The summed E-state index contributed by atoms with van der Waals surface area (Å²) in [5.41, 5.74) is 4.80. The molecule has 0 saturated heterocycles. The van der Waals surface area contributed by atoms with Crippen LogP contribution >= 0.6 is 0 Å². The molecule has 0 saturated carbocycles. The van der Waals surface area contributed by atoms with Gasteiger partial charge in [0.2, 0.25) is 0 Å². The Balaban J connectivity index is 1.77. The van der Waals surface area contributed by atoms with E-state index in [0.717, 1.165) is 22.3 Å². The normalized spacial score (nSPS) is 10.9. The van der Waals surface area contributed by atoms with Gasteiger partial charge in [0.15, 0.2) is 0 Å². The zero-order valence-corrected chi connectivity index (χ0v) is 10.2. The summed E-state index contributed by atoms with van der Waals surface area (Å²) in [5, 5.41) is 5.26. The Labute approximate surface area is 110 Å². The fourth-order valence-corrected chi connectivity index (χ4v) is 1.75. The van der Waals surface area contributed by atoms with Crippen LogP contribution in [0.2, 0.25) is 0 Å². The molecule has 0 aliphatic rings. The van der Waals surface area contributed by atoms with E-state index < -0.39 is 0 Å². The Morgan fingerprint density at radius 3 is 2.84 bits per heavy atom. The Bertz CT molecular complexity index is 707. The predicted molar refractivity (Wildman–Crippen MR) is 77.2 cm³/mol. The molecule has 92 valence electrons. The number of nitrogens with zero attached hydrogens (tertiary/aromatic N) is 3. The summed E-state index contributed by atoms with van der Waals surface area (Å²) in [5.74, 6) is 0.721. The molecule has 3 aromatic rings. The summed E-state index contributed by atoms with van der Waals surface area (Å²) < 4.78 is 0. The molecule has 3 rings (SSSR count). The van der Waals surface area contributed by atoms with Crippen molar-refractivity contribution in [1.29, 1.82) is 0 Å². The first-order chi connectivity index (χ1) is 9.42. The van der Waals surface area contributed by atoms with Crippen molar-refractivity contribution in [3.8, 4) is 0 Å². The molecular weight excluding hydrogens is 236 g/mol. The monoisotopic (exact) mass is 248 g/mol. The van der Waals surface area contributed by atoms with Crippen molar-refractivity contribution in [3.05, 3.63) is 66.5 Å². The van der Waals surface area contributed by atoms with Gasteiger partial charge in [-0.1, -0.05) is 24.3 Å². The van der Waals surface area contributed by atoms with Crippen LogP contribution in [0, 0.1) is 0 Å². The summed E-state index contributed by atoms with van der Waals surface area (Å²) in [6.07, 6.45) is 5.19. The van der Waals surface area contributed by atoms with Gasteiger partial charge >= 0.3 is 0 Å². The van der Waals surface area contributed by atoms with Gasteiger partial charge < -0.3 is 0 Å². The molecule has 19 heavy (non-hydrogen) atoms. The Hall–Kier alpha value is -2.75. The van der Waals surface area contributed by atoms with Crippen LogP contribution in [-0.2, 0) is 0 Å². The zero-order chi connectivity index (χ0) is 12.9. The maximum absolute atomic E-state index is 4.47. The van der Waals surface area contributed by atoms with E-state index in [2.05, 4.69) is 20.5 Å². The van der Waals surface area contributed by atoms with Crippen molar-refractivity contribution in [2.75, 3.05) is 5.43 Å². The second kappa shape index (κ2) is 5.27. The second-order valence-corrected chi connectivity index (χ2v) is 4.05. The third-order valence-electron chi connectivity index (χ3n) is 2.68. The second-order valence-electron chi connectivity index (χ2n) is 4.05. The summed E-state index contributed by atoms with van der Waals surface area (Å²) >= 11 is 0. The lowest BCUT2D eigenvalue weighted by atomic mass is 10.2. The minimum Gasteiger partial charge on any atom is -0.264 e. The Morgan fingerprint density at radius 2 is 1.95 bits per heavy atom. The lowest BCUT2D eigenvalue weighted by molar-refractivity contribution is 1.26. The highest BCUT2D eigenvalue weighted by molar-refractivity contribution is 5.81. The molecule has 2 heterocycles. The van der Waals surface area contributed by atoms with Gasteiger partial charge in [0.1, 0.15) is 5.82 Å². The lowest BCUT2D eigenvalue weighted by Crippen LogP contribution is -1.93. The van der Waals surface area contributed by atoms with Crippen molar-refractivity contribution in [2.45, 2.75) is 0 Å². The minimum atomic E-state index is 0.721. The number of pyridine rings is 2. The van der Waals surface area contributed by atoms with E-state index in [0.29, 0.717) is 0 Å². The van der Waals surface area contributed by atoms with Crippen LogP contribution in [0.1, 0.15) is 5.56 Å². The zero-order valence-electron chi connectivity index (χ0n) is 10.2. The first-order valence-corrected chi connectivity index (χ1v) is 5.97. The number of benzene rings is 1. The van der Waals surface area contributed by atoms with Gasteiger partial charge in [-0.2, -0.15) is 5.10 Å². The molecule has 0 aliphatic carbocycles. The number of hydrogen-bond donors (Lipinski definition) is 1. The molecule has 0 atom stereocenters. The molecule has 4 heteroatoms. The molecule has 1 N–H and O–H groups in total. The fraction of sp³-hybridized carbons (Fsp3) is 0.